The van der Waals surface area contributed by atoms with Crippen molar-refractivity contribution in [3.05, 3.63) is 36.1 Å². The van der Waals surface area contributed by atoms with Gasteiger partial charge in [-0.2, -0.15) is 0 Å². The van der Waals surface area contributed by atoms with Crippen LogP contribution in [-0.4, -0.2) is 30.1 Å². The third-order valence-electron chi connectivity index (χ3n) is 3.89. The summed E-state index contributed by atoms with van der Waals surface area (Å²) in [6.07, 6.45) is 0.151. The minimum atomic E-state index is -0.231. The Morgan fingerprint density at radius 1 is 1.32 bits per heavy atom. The molecule has 0 unspecified atom stereocenters. The van der Waals surface area contributed by atoms with Gasteiger partial charge in [0, 0.05) is 24.4 Å². The Labute approximate surface area is 145 Å². The molecular formula is C18H21N3O4. The summed E-state index contributed by atoms with van der Waals surface area (Å²) >= 11 is 0. The molecule has 0 spiro atoms. The summed E-state index contributed by atoms with van der Waals surface area (Å²) in [5.74, 6) is 1.33. The van der Waals surface area contributed by atoms with E-state index in [1.54, 1.807) is 23.1 Å². The molecule has 1 aromatic heterocycles. The smallest absolute Gasteiger partial charge is 0.265 e. The van der Waals surface area contributed by atoms with Crippen LogP contribution in [0.5, 0.6) is 5.75 Å². The average molecular weight is 343 g/mol. The number of aromatic nitrogens is 1. The predicted molar refractivity (Wildman–Crippen MR) is 92.7 cm³/mol. The molecular weight excluding hydrogens is 322 g/mol. The zero-order valence-electron chi connectivity index (χ0n) is 14.5. The number of nitrogens with zero attached hydrogens (tertiary/aromatic N) is 2. The van der Waals surface area contributed by atoms with Crippen molar-refractivity contribution in [1.82, 2.24) is 5.16 Å². The van der Waals surface area contributed by atoms with Crippen molar-refractivity contribution in [1.29, 1.82) is 0 Å². The van der Waals surface area contributed by atoms with Crippen LogP contribution in [-0.2, 0) is 15.0 Å². The number of hydrogen-bond donors (Lipinski definition) is 1. The molecule has 2 heterocycles. The van der Waals surface area contributed by atoms with Crippen molar-refractivity contribution in [2.45, 2.75) is 32.6 Å². The van der Waals surface area contributed by atoms with Gasteiger partial charge >= 0.3 is 0 Å². The average Bonchev–Trinajstić information content (AvgIpc) is 3.02. The quantitative estimate of drug-likeness (QED) is 0.923. The Hall–Kier alpha value is -2.83. The van der Waals surface area contributed by atoms with E-state index in [-0.39, 0.29) is 36.8 Å². The summed E-state index contributed by atoms with van der Waals surface area (Å²) in [5.41, 5.74) is 0.503. The topological polar surface area (TPSA) is 84.7 Å². The number of nitrogens with one attached hydrogen (secondary N) is 1. The molecule has 0 atom stereocenters. The molecule has 0 bridgehead atoms. The fourth-order valence-corrected chi connectivity index (χ4v) is 2.51. The normalized spacial score (nSPS) is 14.0. The molecule has 0 saturated carbocycles. The van der Waals surface area contributed by atoms with E-state index in [4.69, 9.17) is 9.26 Å². The molecule has 3 rings (SSSR count). The van der Waals surface area contributed by atoms with Gasteiger partial charge in [-0.3, -0.25) is 9.59 Å². The number of ether oxygens (including phenoxy) is 1. The lowest BCUT2D eigenvalue weighted by molar-refractivity contribution is -0.121. The Balaban J connectivity index is 1.61. The van der Waals surface area contributed by atoms with E-state index in [9.17, 15) is 9.59 Å². The van der Waals surface area contributed by atoms with E-state index in [1.807, 2.05) is 32.9 Å². The number of carbonyl (C=O) groups excluding carboxylic acids is 2. The Bertz CT molecular complexity index is 792. The highest BCUT2D eigenvalue weighted by Crippen LogP contribution is 2.31. The molecule has 7 heteroatoms. The number of para-hydroxylation sites is 2. The standard InChI is InChI=1S/C18H21N3O4/c1-18(2,3)14-10-15(20-25-14)19-16(22)8-9-21-12-6-4-5-7-13(12)24-11-17(21)23/h4-7,10H,8-9,11H2,1-3H3,(H,19,20,22). The predicted octanol–water partition coefficient (Wildman–Crippen LogP) is 2.73. The largest absolute Gasteiger partial charge is 0.482 e. The van der Waals surface area contributed by atoms with Crippen molar-refractivity contribution in [3.8, 4) is 5.75 Å². The second-order valence-electron chi connectivity index (χ2n) is 6.93. The molecule has 0 saturated heterocycles. The van der Waals surface area contributed by atoms with Gasteiger partial charge in [-0.15, -0.1) is 0 Å². The fraction of sp³-hybridized carbons (Fsp3) is 0.389. The van der Waals surface area contributed by atoms with E-state index < -0.39 is 0 Å². The molecule has 25 heavy (non-hydrogen) atoms. The summed E-state index contributed by atoms with van der Waals surface area (Å²) in [6.45, 7) is 6.26. The zero-order valence-corrected chi connectivity index (χ0v) is 14.5. The maximum Gasteiger partial charge on any atom is 0.265 e. The van der Waals surface area contributed by atoms with Crippen molar-refractivity contribution in [2.75, 3.05) is 23.4 Å². The second-order valence-corrected chi connectivity index (χ2v) is 6.93. The number of rotatable bonds is 4. The molecule has 1 aliphatic heterocycles. The minimum Gasteiger partial charge on any atom is -0.482 e. The Morgan fingerprint density at radius 3 is 2.80 bits per heavy atom. The highest BCUT2D eigenvalue weighted by Gasteiger charge is 2.26. The summed E-state index contributed by atoms with van der Waals surface area (Å²) < 4.78 is 10.6. The molecule has 132 valence electrons. The molecule has 1 aliphatic rings. The number of hydrogen-bond acceptors (Lipinski definition) is 5. The fourth-order valence-electron chi connectivity index (χ4n) is 2.51. The molecule has 1 aromatic carbocycles. The van der Waals surface area contributed by atoms with Gasteiger partial charge in [0.05, 0.1) is 5.69 Å². The summed E-state index contributed by atoms with van der Waals surface area (Å²) in [4.78, 5) is 25.8. The number of benzene rings is 1. The van der Waals surface area contributed by atoms with Crippen LogP contribution in [0.15, 0.2) is 34.9 Å². The first kappa shape index (κ1) is 17.0. The second kappa shape index (κ2) is 6.58. The Morgan fingerprint density at radius 2 is 2.08 bits per heavy atom. The van der Waals surface area contributed by atoms with Crippen LogP contribution >= 0.6 is 0 Å². The van der Waals surface area contributed by atoms with Crippen molar-refractivity contribution < 1.29 is 18.8 Å². The zero-order chi connectivity index (χ0) is 18.0. The van der Waals surface area contributed by atoms with E-state index in [0.717, 1.165) is 0 Å². The summed E-state index contributed by atoms with van der Waals surface area (Å²) in [7, 11) is 0. The first-order valence-corrected chi connectivity index (χ1v) is 8.14. The van der Waals surface area contributed by atoms with Gasteiger partial charge in [0.25, 0.3) is 5.91 Å². The number of amides is 2. The van der Waals surface area contributed by atoms with Crippen molar-refractivity contribution in [2.24, 2.45) is 0 Å². The highest BCUT2D eigenvalue weighted by atomic mass is 16.5. The lowest BCUT2D eigenvalue weighted by Crippen LogP contribution is -2.40. The van der Waals surface area contributed by atoms with E-state index in [1.165, 1.54) is 0 Å². The van der Waals surface area contributed by atoms with Crippen molar-refractivity contribution in [3.63, 3.8) is 0 Å². The maximum absolute atomic E-state index is 12.2. The van der Waals surface area contributed by atoms with Crippen LogP contribution in [0.2, 0.25) is 0 Å². The van der Waals surface area contributed by atoms with Gasteiger partial charge in [0.15, 0.2) is 12.4 Å². The van der Waals surface area contributed by atoms with E-state index >= 15 is 0 Å². The maximum atomic E-state index is 12.2. The number of anilines is 2. The van der Waals surface area contributed by atoms with Gasteiger partial charge in [0.1, 0.15) is 11.5 Å². The third kappa shape index (κ3) is 3.81. The van der Waals surface area contributed by atoms with Crippen LogP contribution in [0.4, 0.5) is 11.5 Å². The van der Waals surface area contributed by atoms with E-state index in [0.29, 0.717) is 23.0 Å². The first-order chi connectivity index (χ1) is 11.8. The van der Waals surface area contributed by atoms with Gasteiger partial charge in [-0.05, 0) is 12.1 Å². The lowest BCUT2D eigenvalue weighted by atomic mass is 9.93. The first-order valence-electron chi connectivity index (χ1n) is 8.14. The molecule has 2 amide bonds. The van der Waals surface area contributed by atoms with Gasteiger partial charge in [0.2, 0.25) is 5.91 Å². The van der Waals surface area contributed by atoms with Crippen LogP contribution in [0, 0.1) is 0 Å². The van der Waals surface area contributed by atoms with Gasteiger partial charge < -0.3 is 19.5 Å². The summed E-state index contributed by atoms with van der Waals surface area (Å²) in [5, 5.41) is 6.56. The minimum absolute atomic E-state index is 0.0170. The highest BCUT2D eigenvalue weighted by molar-refractivity contribution is 5.99. The van der Waals surface area contributed by atoms with Gasteiger partial charge in [-0.1, -0.05) is 38.1 Å². The number of fused-ring (bicyclic) bond motifs is 1. The van der Waals surface area contributed by atoms with E-state index in [2.05, 4.69) is 10.5 Å². The molecule has 0 fully saturated rings. The Kier molecular flexibility index (Phi) is 4.48. The molecule has 7 nitrogen and oxygen atoms in total. The summed E-state index contributed by atoms with van der Waals surface area (Å²) in [6, 6.07) is 9.00. The van der Waals surface area contributed by atoms with Crippen LogP contribution in [0.1, 0.15) is 33.0 Å². The molecule has 0 aliphatic carbocycles. The van der Waals surface area contributed by atoms with Gasteiger partial charge in [-0.25, -0.2) is 0 Å². The monoisotopic (exact) mass is 343 g/mol. The SMILES string of the molecule is CC(C)(C)c1cc(NC(=O)CCN2C(=O)COc3ccccc32)no1. The van der Waals surface area contributed by atoms with Crippen LogP contribution in [0.25, 0.3) is 0 Å². The molecule has 2 aromatic rings. The third-order valence-corrected chi connectivity index (χ3v) is 3.89. The lowest BCUT2D eigenvalue weighted by Gasteiger charge is -2.29. The van der Waals surface area contributed by atoms with Crippen molar-refractivity contribution >= 4 is 23.3 Å². The van der Waals surface area contributed by atoms with Crippen LogP contribution < -0.4 is 15.0 Å². The number of carbonyl (C=O) groups is 2. The van der Waals surface area contributed by atoms with Crippen LogP contribution in [0.3, 0.4) is 0 Å². The molecule has 1 N–H and O–H groups in total. The molecule has 0 radical (unpaired) electrons.